The molecule has 144 valence electrons. The Kier molecular flexibility index (Phi) is 6.27. The first-order chi connectivity index (χ1) is 12.7. The summed E-state index contributed by atoms with van der Waals surface area (Å²) in [5.41, 5.74) is 0.709. The van der Waals surface area contributed by atoms with Crippen molar-refractivity contribution in [2.24, 2.45) is 0 Å². The van der Waals surface area contributed by atoms with E-state index in [1.165, 1.54) is 0 Å². The largest absolute Gasteiger partial charge is 0.461 e. The van der Waals surface area contributed by atoms with Crippen LogP contribution in [-0.2, 0) is 14.3 Å². The highest BCUT2D eigenvalue weighted by atomic mass is 19.1. The molecule has 0 aliphatic heterocycles. The molecule has 0 spiro atoms. The number of carbonyl (C=O) groups is 3. The summed E-state index contributed by atoms with van der Waals surface area (Å²) in [6.45, 7) is 4.26. The van der Waals surface area contributed by atoms with Crippen LogP contribution in [0.5, 0.6) is 0 Å². The van der Waals surface area contributed by atoms with E-state index < -0.39 is 36.1 Å². The van der Waals surface area contributed by atoms with Crippen LogP contribution in [-0.4, -0.2) is 36.0 Å². The molecule has 0 aliphatic carbocycles. The van der Waals surface area contributed by atoms with E-state index in [0.29, 0.717) is 17.3 Å². The maximum Gasteiger partial charge on any atom is 0.355 e. The number of rotatable bonds is 6. The molecule has 0 aliphatic rings. The number of ether oxygens (including phenoxy) is 2. The third-order valence-corrected chi connectivity index (χ3v) is 3.66. The number of hydrogen-bond donors (Lipinski definition) is 2. The van der Waals surface area contributed by atoms with E-state index >= 15 is 0 Å². The highest BCUT2D eigenvalue weighted by molar-refractivity contribution is 6.00. The van der Waals surface area contributed by atoms with Gasteiger partial charge in [0.05, 0.1) is 17.9 Å². The minimum atomic E-state index is -0.953. The molecule has 0 fully saturated rings. The molecule has 7 nitrogen and oxygen atoms in total. The summed E-state index contributed by atoms with van der Waals surface area (Å²) in [5, 5.41) is 2.17. The first-order valence-electron chi connectivity index (χ1n) is 8.02. The van der Waals surface area contributed by atoms with Gasteiger partial charge in [0, 0.05) is 11.8 Å². The summed E-state index contributed by atoms with van der Waals surface area (Å²) in [4.78, 5) is 38.7. The Bertz CT molecular complexity index is 892. The number of halogens is 2. The quantitative estimate of drug-likeness (QED) is 0.751. The number of aromatic amines is 1. The number of esters is 2. The molecule has 0 saturated heterocycles. The summed E-state index contributed by atoms with van der Waals surface area (Å²) in [6, 6.07) is 2.65. The Morgan fingerprint density at radius 3 is 2.44 bits per heavy atom. The van der Waals surface area contributed by atoms with Crippen molar-refractivity contribution < 1.29 is 32.6 Å². The summed E-state index contributed by atoms with van der Waals surface area (Å²) < 4.78 is 36.2. The summed E-state index contributed by atoms with van der Waals surface area (Å²) in [5.74, 6) is -3.97. The van der Waals surface area contributed by atoms with Gasteiger partial charge in [-0.15, -0.1) is 0 Å². The third-order valence-electron chi connectivity index (χ3n) is 3.66. The van der Waals surface area contributed by atoms with Crippen LogP contribution in [0.2, 0.25) is 0 Å². The van der Waals surface area contributed by atoms with Gasteiger partial charge in [0.1, 0.15) is 17.3 Å². The molecule has 9 heteroatoms. The molecule has 2 rings (SSSR count). The number of anilines is 1. The van der Waals surface area contributed by atoms with Crippen LogP contribution in [0.4, 0.5) is 14.5 Å². The lowest BCUT2D eigenvalue weighted by atomic mass is 10.1. The van der Waals surface area contributed by atoms with Gasteiger partial charge in [0.25, 0.3) is 5.91 Å². The monoisotopic (exact) mass is 380 g/mol. The molecule has 1 aromatic carbocycles. The van der Waals surface area contributed by atoms with E-state index in [9.17, 15) is 23.2 Å². The molecule has 27 heavy (non-hydrogen) atoms. The molecule has 1 heterocycles. The maximum atomic E-state index is 13.5. The average molecular weight is 380 g/mol. The molecule has 2 aromatic rings. The molecule has 0 atom stereocenters. The van der Waals surface area contributed by atoms with Crippen LogP contribution in [0.1, 0.15) is 39.0 Å². The van der Waals surface area contributed by atoms with E-state index in [1.54, 1.807) is 20.8 Å². The first kappa shape index (κ1) is 20.1. The number of hydrogen-bond acceptors (Lipinski definition) is 5. The minimum absolute atomic E-state index is 0.110. The minimum Gasteiger partial charge on any atom is -0.461 e. The summed E-state index contributed by atoms with van der Waals surface area (Å²) >= 11 is 0. The van der Waals surface area contributed by atoms with E-state index in [4.69, 9.17) is 9.47 Å². The zero-order chi connectivity index (χ0) is 20.1. The van der Waals surface area contributed by atoms with Gasteiger partial charge in [0.2, 0.25) is 0 Å². The van der Waals surface area contributed by atoms with Crippen molar-refractivity contribution in [1.82, 2.24) is 4.98 Å². The van der Waals surface area contributed by atoms with Crippen LogP contribution in [0.25, 0.3) is 0 Å². The van der Waals surface area contributed by atoms with Crippen LogP contribution in [0.15, 0.2) is 18.2 Å². The van der Waals surface area contributed by atoms with E-state index in [-0.39, 0.29) is 23.6 Å². The van der Waals surface area contributed by atoms with Crippen molar-refractivity contribution in [3.8, 4) is 0 Å². The predicted octanol–water partition coefficient (Wildman–Crippen LogP) is 2.88. The van der Waals surface area contributed by atoms with Gasteiger partial charge in [-0.05, 0) is 38.5 Å². The second-order valence-corrected chi connectivity index (χ2v) is 5.59. The van der Waals surface area contributed by atoms with Gasteiger partial charge in [-0.2, -0.15) is 0 Å². The van der Waals surface area contributed by atoms with E-state index in [1.807, 2.05) is 0 Å². The Hall–Kier alpha value is -3.23. The molecule has 0 unspecified atom stereocenters. The van der Waals surface area contributed by atoms with Crippen molar-refractivity contribution in [1.29, 1.82) is 0 Å². The lowest BCUT2D eigenvalue weighted by molar-refractivity contribution is -0.119. The Balaban J connectivity index is 2.03. The Labute approximate surface area is 153 Å². The highest BCUT2D eigenvalue weighted by Gasteiger charge is 2.24. The SMILES string of the molecule is CCOC(=O)c1[nH]c(C)c(C(=O)OCC(=O)Nc2ccc(F)cc2F)c1C. The van der Waals surface area contributed by atoms with Crippen LogP contribution in [0, 0.1) is 25.5 Å². The van der Waals surface area contributed by atoms with Crippen molar-refractivity contribution in [2.45, 2.75) is 20.8 Å². The Morgan fingerprint density at radius 2 is 1.81 bits per heavy atom. The summed E-state index contributed by atoms with van der Waals surface area (Å²) in [6.07, 6.45) is 0. The Morgan fingerprint density at radius 1 is 1.11 bits per heavy atom. The second kappa shape index (κ2) is 8.43. The topological polar surface area (TPSA) is 97.5 Å². The number of aromatic nitrogens is 1. The molecule has 1 aromatic heterocycles. The molecular weight excluding hydrogens is 362 g/mol. The predicted molar refractivity (Wildman–Crippen MR) is 91.5 cm³/mol. The first-order valence-corrected chi connectivity index (χ1v) is 8.02. The standard InChI is InChI=1S/C18H18F2N2O5/c1-4-26-18(25)16-9(2)15(10(3)21-16)17(24)27-8-14(23)22-13-6-5-11(19)7-12(13)20/h5-7,21H,4,8H2,1-3H3,(H,22,23). The highest BCUT2D eigenvalue weighted by Crippen LogP contribution is 2.20. The number of carbonyl (C=O) groups excluding carboxylic acids is 3. The van der Waals surface area contributed by atoms with Crippen LogP contribution in [0.3, 0.4) is 0 Å². The number of amides is 1. The van der Waals surface area contributed by atoms with Crippen molar-refractivity contribution >= 4 is 23.5 Å². The molecule has 0 radical (unpaired) electrons. The molecule has 1 amide bonds. The third kappa shape index (κ3) is 4.69. The fourth-order valence-electron chi connectivity index (χ4n) is 2.44. The summed E-state index contributed by atoms with van der Waals surface area (Å²) in [7, 11) is 0. The maximum absolute atomic E-state index is 13.5. The number of benzene rings is 1. The van der Waals surface area contributed by atoms with Gasteiger partial charge in [0.15, 0.2) is 6.61 Å². The molecule has 2 N–H and O–H groups in total. The van der Waals surface area contributed by atoms with Gasteiger partial charge in [-0.25, -0.2) is 18.4 Å². The second-order valence-electron chi connectivity index (χ2n) is 5.59. The molecular formula is C18H18F2N2O5. The van der Waals surface area contributed by atoms with E-state index in [2.05, 4.69) is 10.3 Å². The van der Waals surface area contributed by atoms with Crippen molar-refractivity contribution in [3.05, 3.63) is 52.3 Å². The van der Waals surface area contributed by atoms with Gasteiger partial charge in [-0.1, -0.05) is 0 Å². The lowest BCUT2D eigenvalue weighted by Gasteiger charge is -2.08. The fourth-order valence-corrected chi connectivity index (χ4v) is 2.44. The van der Waals surface area contributed by atoms with Gasteiger partial charge < -0.3 is 19.8 Å². The normalized spacial score (nSPS) is 10.4. The molecule has 0 bridgehead atoms. The number of nitrogens with one attached hydrogen (secondary N) is 2. The average Bonchev–Trinajstić information content (AvgIpc) is 2.90. The zero-order valence-corrected chi connectivity index (χ0v) is 14.9. The smallest absolute Gasteiger partial charge is 0.355 e. The van der Waals surface area contributed by atoms with Gasteiger partial charge in [-0.3, -0.25) is 4.79 Å². The van der Waals surface area contributed by atoms with E-state index in [0.717, 1.165) is 12.1 Å². The lowest BCUT2D eigenvalue weighted by Crippen LogP contribution is -2.22. The van der Waals surface area contributed by atoms with Crippen LogP contribution >= 0.6 is 0 Å². The number of aryl methyl sites for hydroxylation is 1. The fraction of sp³-hybridized carbons (Fsp3) is 0.278. The number of H-pyrrole nitrogens is 1. The van der Waals surface area contributed by atoms with Crippen molar-refractivity contribution in [3.63, 3.8) is 0 Å². The molecule has 0 saturated carbocycles. The van der Waals surface area contributed by atoms with Gasteiger partial charge >= 0.3 is 11.9 Å². The van der Waals surface area contributed by atoms with Crippen molar-refractivity contribution in [2.75, 3.05) is 18.5 Å². The zero-order valence-electron chi connectivity index (χ0n) is 14.9. The van der Waals surface area contributed by atoms with Crippen LogP contribution < -0.4 is 5.32 Å².